The Morgan fingerprint density at radius 3 is 2.17 bits per heavy atom. The van der Waals surface area contributed by atoms with Crippen molar-refractivity contribution >= 4 is 17.7 Å². The largest absolute Gasteiger partial charge is 0.444 e. The van der Waals surface area contributed by atoms with Crippen molar-refractivity contribution in [2.75, 3.05) is 44.7 Å². The molecule has 1 aromatic carbocycles. The van der Waals surface area contributed by atoms with Gasteiger partial charge in [0.05, 0.1) is 0 Å². The monoisotopic (exact) mass is 415 g/mol. The van der Waals surface area contributed by atoms with Gasteiger partial charge in [-0.05, 0) is 64.5 Å². The van der Waals surface area contributed by atoms with E-state index in [4.69, 9.17) is 4.74 Å². The second-order valence-corrected chi connectivity index (χ2v) is 9.73. The molecule has 30 heavy (non-hydrogen) atoms. The third-order valence-corrected chi connectivity index (χ3v) is 6.15. The van der Waals surface area contributed by atoms with Crippen LogP contribution in [-0.2, 0) is 9.53 Å². The standard InChI is InChI=1S/C24H37N3O3/c1-24(2,3)30-23(29)25(4)18-19-10-12-20(13-11-19)22(28)27-16-14-26(15-17-27)21-8-6-5-7-9-21/h5-9,19-20H,10-18H2,1-4H3. The zero-order chi connectivity index (χ0) is 21.7. The van der Waals surface area contributed by atoms with Gasteiger partial charge in [-0.3, -0.25) is 4.79 Å². The molecule has 2 fully saturated rings. The van der Waals surface area contributed by atoms with Crippen LogP contribution in [0.25, 0.3) is 0 Å². The molecule has 1 saturated heterocycles. The summed E-state index contributed by atoms with van der Waals surface area (Å²) in [5, 5.41) is 0. The lowest BCUT2D eigenvalue weighted by molar-refractivity contribution is -0.137. The summed E-state index contributed by atoms with van der Waals surface area (Å²) in [5.74, 6) is 0.902. The molecule has 0 atom stereocenters. The first-order valence-electron chi connectivity index (χ1n) is 11.3. The average Bonchev–Trinajstić information content (AvgIpc) is 2.73. The minimum absolute atomic E-state index is 0.136. The highest BCUT2D eigenvalue weighted by Crippen LogP contribution is 2.31. The van der Waals surface area contributed by atoms with E-state index in [2.05, 4.69) is 34.1 Å². The summed E-state index contributed by atoms with van der Waals surface area (Å²) in [4.78, 5) is 31.3. The molecule has 2 aliphatic rings. The van der Waals surface area contributed by atoms with E-state index >= 15 is 0 Å². The molecule has 0 N–H and O–H groups in total. The fourth-order valence-corrected chi connectivity index (χ4v) is 4.48. The normalized spacial score (nSPS) is 22.5. The lowest BCUT2D eigenvalue weighted by Gasteiger charge is -2.39. The first kappa shape index (κ1) is 22.4. The van der Waals surface area contributed by atoms with Crippen LogP contribution in [0.15, 0.2) is 30.3 Å². The van der Waals surface area contributed by atoms with Gasteiger partial charge in [0, 0.05) is 51.4 Å². The fraction of sp³-hybridized carbons (Fsp3) is 0.667. The smallest absolute Gasteiger partial charge is 0.410 e. The predicted octanol–water partition coefficient (Wildman–Crippen LogP) is 4.01. The summed E-state index contributed by atoms with van der Waals surface area (Å²) in [6, 6.07) is 10.4. The van der Waals surface area contributed by atoms with Crippen molar-refractivity contribution < 1.29 is 14.3 Å². The number of hydrogen-bond acceptors (Lipinski definition) is 4. The number of nitrogens with zero attached hydrogens (tertiary/aromatic N) is 3. The quantitative estimate of drug-likeness (QED) is 0.746. The van der Waals surface area contributed by atoms with E-state index in [0.29, 0.717) is 18.4 Å². The van der Waals surface area contributed by atoms with Gasteiger partial charge in [0.15, 0.2) is 0 Å². The summed E-state index contributed by atoms with van der Waals surface area (Å²) in [5.41, 5.74) is 0.763. The van der Waals surface area contributed by atoms with Crippen LogP contribution in [0.1, 0.15) is 46.5 Å². The molecular weight excluding hydrogens is 378 g/mol. The summed E-state index contributed by atoms with van der Waals surface area (Å²) >= 11 is 0. The van der Waals surface area contributed by atoms with Crippen molar-refractivity contribution in [3.63, 3.8) is 0 Å². The molecule has 0 radical (unpaired) electrons. The van der Waals surface area contributed by atoms with Crippen LogP contribution in [0.3, 0.4) is 0 Å². The molecule has 1 heterocycles. The number of piperazine rings is 1. The Balaban J connectivity index is 1.41. The van der Waals surface area contributed by atoms with Gasteiger partial charge in [-0.1, -0.05) is 18.2 Å². The molecule has 6 heteroatoms. The molecule has 0 spiro atoms. The lowest BCUT2D eigenvalue weighted by atomic mass is 9.81. The van der Waals surface area contributed by atoms with Crippen molar-refractivity contribution in [1.82, 2.24) is 9.80 Å². The highest BCUT2D eigenvalue weighted by molar-refractivity contribution is 5.79. The van der Waals surface area contributed by atoms with Gasteiger partial charge in [-0.25, -0.2) is 4.79 Å². The van der Waals surface area contributed by atoms with E-state index in [9.17, 15) is 9.59 Å². The third-order valence-electron chi connectivity index (χ3n) is 6.15. The molecule has 6 nitrogen and oxygen atoms in total. The fourth-order valence-electron chi connectivity index (χ4n) is 4.48. The van der Waals surface area contributed by atoms with E-state index in [1.54, 1.807) is 11.9 Å². The molecule has 2 amide bonds. The van der Waals surface area contributed by atoms with Gasteiger partial charge in [0.1, 0.15) is 5.60 Å². The Labute approximate surface area is 181 Å². The van der Waals surface area contributed by atoms with E-state index < -0.39 is 5.60 Å². The summed E-state index contributed by atoms with van der Waals surface area (Å²) in [6.07, 6.45) is 3.56. The topological polar surface area (TPSA) is 53.1 Å². The van der Waals surface area contributed by atoms with Gasteiger partial charge in [0.2, 0.25) is 5.91 Å². The number of ether oxygens (including phenoxy) is 1. The Hall–Kier alpha value is -2.24. The minimum Gasteiger partial charge on any atom is -0.444 e. The van der Waals surface area contributed by atoms with Crippen molar-refractivity contribution in [1.29, 1.82) is 0 Å². The number of anilines is 1. The maximum Gasteiger partial charge on any atom is 0.410 e. The Kier molecular flexibility index (Phi) is 7.27. The highest BCUT2D eigenvalue weighted by Gasteiger charge is 2.32. The van der Waals surface area contributed by atoms with Crippen LogP contribution in [0.5, 0.6) is 0 Å². The van der Waals surface area contributed by atoms with Gasteiger partial charge in [-0.2, -0.15) is 0 Å². The molecule has 1 aliphatic carbocycles. The first-order valence-corrected chi connectivity index (χ1v) is 11.3. The van der Waals surface area contributed by atoms with Gasteiger partial charge in [-0.15, -0.1) is 0 Å². The Bertz CT molecular complexity index is 700. The Morgan fingerprint density at radius 1 is 1.00 bits per heavy atom. The van der Waals surface area contributed by atoms with Gasteiger partial charge < -0.3 is 19.4 Å². The first-order chi connectivity index (χ1) is 14.2. The number of para-hydroxylation sites is 1. The molecular formula is C24H37N3O3. The lowest BCUT2D eigenvalue weighted by Crippen LogP contribution is -2.50. The van der Waals surface area contributed by atoms with Gasteiger partial charge >= 0.3 is 6.09 Å². The SMILES string of the molecule is CN(CC1CCC(C(=O)N2CCN(c3ccccc3)CC2)CC1)C(=O)OC(C)(C)C. The zero-order valence-corrected chi connectivity index (χ0v) is 19.0. The van der Waals surface area contributed by atoms with E-state index in [1.165, 1.54) is 5.69 Å². The number of carbonyl (C=O) groups excluding carboxylic acids is 2. The van der Waals surface area contributed by atoms with Crippen molar-refractivity contribution in [3.05, 3.63) is 30.3 Å². The van der Waals surface area contributed by atoms with Crippen molar-refractivity contribution in [2.24, 2.45) is 11.8 Å². The summed E-state index contributed by atoms with van der Waals surface area (Å²) in [7, 11) is 1.80. The second kappa shape index (κ2) is 9.71. The highest BCUT2D eigenvalue weighted by atomic mass is 16.6. The molecule has 0 aromatic heterocycles. The number of benzene rings is 1. The van der Waals surface area contributed by atoms with Crippen molar-refractivity contribution in [2.45, 2.75) is 52.1 Å². The maximum absolute atomic E-state index is 13.0. The molecule has 0 unspecified atom stereocenters. The number of rotatable bonds is 4. The van der Waals surface area contributed by atoms with Crippen molar-refractivity contribution in [3.8, 4) is 0 Å². The summed E-state index contributed by atoms with van der Waals surface area (Å²) < 4.78 is 5.44. The zero-order valence-electron chi connectivity index (χ0n) is 19.0. The van der Waals surface area contributed by atoms with E-state index in [0.717, 1.165) is 51.9 Å². The third kappa shape index (κ3) is 6.13. The molecule has 0 bridgehead atoms. The predicted molar refractivity (Wildman–Crippen MR) is 120 cm³/mol. The molecule has 1 aromatic rings. The number of carbonyl (C=O) groups is 2. The molecule has 166 valence electrons. The van der Waals surface area contributed by atoms with E-state index in [1.807, 2.05) is 26.8 Å². The van der Waals surface area contributed by atoms with Crippen LogP contribution in [0.4, 0.5) is 10.5 Å². The average molecular weight is 416 g/mol. The minimum atomic E-state index is -0.472. The maximum atomic E-state index is 13.0. The molecule has 1 aliphatic heterocycles. The summed E-state index contributed by atoms with van der Waals surface area (Å²) in [6.45, 7) is 9.74. The second-order valence-electron chi connectivity index (χ2n) is 9.73. The molecule has 3 rings (SSSR count). The van der Waals surface area contributed by atoms with Gasteiger partial charge in [0.25, 0.3) is 0 Å². The van der Waals surface area contributed by atoms with Crippen LogP contribution < -0.4 is 4.90 Å². The molecule has 1 saturated carbocycles. The van der Waals surface area contributed by atoms with Crippen LogP contribution in [0, 0.1) is 11.8 Å². The van der Waals surface area contributed by atoms with E-state index in [-0.39, 0.29) is 12.0 Å². The Morgan fingerprint density at radius 2 is 1.60 bits per heavy atom. The van der Waals surface area contributed by atoms with Crippen LogP contribution in [-0.4, -0.2) is 67.2 Å². The number of amides is 2. The van der Waals surface area contributed by atoms with Crippen LogP contribution >= 0.6 is 0 Å². The number of hydrogen-bond donors (Lipinski definition) is 0. The van der Waals surface area contributed by atoms with Crippen LogP contribution in [0.2, 0.25) is 0 Å².